The Morgan fingerprint density at radius 3 is 2.40 bits per heavy atom. The molecule has 6 heteroatoms. The topological polar surface area (TPSA) is 39.8 Å². The van der Waals surface area contributed by atoms with Crippen LogP contribution in [0.1, 0.15) is 52.5 Å². The maximum absolute atomic E-state index is 5.94. The van der Waals surface area contributed by atoms with Crippen molar-refractivity contribution in [1.82, 2.24) is 20.4 Å². The van der Waals surface area contributed by atoms with Gasteiger partial charge in [-0.3, -0.25) is 4.90 Å². The van der Waals surface area contributed by atoms with Gasteiger partial charge in [-0.15, -0.1) is 0 Å². The molecule has 5 nitrogen and oxygen atoms in total. The number of nitrogens with zero attached hydrogens (tertiary/aromatic N) is 2. The van der Waals surface area contributed by atoms with Crippen LogP contribution >= 0.6 is 12.2 Å². The van der Waals surface area contributed by atoms with Crippen LogP contribution in [-0.2, 0) is 11.3 Å². The molecule has 1 aromatic rings. The summed E-state index contributed by atoms with van der Waals surface area (Å²) in [6.45, 7) is 15.9. The molecule has 0 unspecified atom stereocenters. The zero-order valence-corrected chi connectivity index (χ0v) is 20.1. The van der Waals surface area contributed by atoms with Crippen LogP contribution in [0, 0.1) is 0 Å². The third kappa shape index (κ3) is 7.49. The van der Waals surface area contributed by atoms with Crippen molar-refractivity contribution in [2.45, 2.75) is 70.6 Å². The standard InChI is InChI=1S/C24H40N4OS/c1-23(2)17-21(18-24(3,4)26-23)25-22(30)28(19-20-9-6-5-7-10-20)12-8-11-27-13-15-29-16-14-27/h5-7,9-10,21,26H,8,11-19H2,1-4H3,(H,25,30). The maximum Gasteiger partial charge on any atom is 0.169 e. The molecule has 0 aliphatic carbocycles. The van der Waals surface area contributed by atoms with Crippen molar-refractivity contribution in [2.75, 3.05) is 39.4 Å². The highest BCUT2D eigenvalue weighted by molar-refractivity contribution is 7.80. The van der Waals surface area contributed by atoms with Gasteiger partial charge in [-0.25, -0.2) is 0 Å². The molecule has 2 aliphatic rings. The van der Waals surface area contributed by atoms with Crippen LogP contribution in [-0.4, -0.2) is 71.4 Å². The van der Waals surface area contributed by atoms with Gasteiger partial charge in [0.15, 0.2) is 5.11 Å². The molecular formula is C24H40N4OS. The Bertz CT molecular complexity index is 657. The Balaban J connectivity index is 1.60. The maximum atomic E-state index is 5.94. The highest BCUT2D eigenvalue weighted by atomic mass is 32.1. The van der Waals surface area contributed by atoms with Crippen LogP contribution in [0.15, 0.2) is 30.3 Å². The second kappa shape index (κ2) is 10.4. The van der Waals surface area contributed by atoms with Crippen molar-refractivity contribution < 1.29 is 4.74 Å². The van der Waals surface area contributed by atoms with Gasteiger partial charge in [-0.05, 0) is 64.7 Å². The van der Waals surface area contributed by atoms with Crippen molar-refractivity contribution in [3.8, 4) is 0 Å². The molecule has 2 saturated heterocycles. The van der Waals surface area contributed by atoms with Gasteiger partial charge in [0.05, 0.1) is 13.2 Å². The van der Waals surface area contributed by atoms with Gasteiger partial charge in [0.25, 0.3) is 0 Å². The predicted octanol–water partition coefficient (Wildman–Crippen LogP) is 3.39. The molecule has 1 aromatic carbocycles. The summed E-state index contributed by atoms with van der Waals surface area (Å²) in [6.07, 6.45) is 3.25. The second-order valence-electron chi connectivity index (χ2n) is 10.2. The van der Waals surface area contributed by atoms with E-state index in [4.69, 9.17) is 17.0 Å². The lowest BCUT2D eigenvalue weighted by Gasteiger charge is -2.47. The molecule has 2 aliphatic heterocycles. The van der Waals surface area contributed by atoms with Gasteiger partial charge in [0.1, 0.15) is 0 Å². The summed E-state index contributed by atoms with van der Waals surface area (Å²) in [5.74, 6) is 0. The Hall–Kier alpha value is -1.21. The van der Waals surface area contributed by atoms with Crippen LogP contribution < -0.4 is 10.6 Å². The predicted molar refractivity (Wildman–Crippen MR) is 129 cm³/mol. The highest BCUT2D eigenvalue weighted by Gasteiger charge is 2.38. The molecular weight excluding hydrogens is 392 g/mol. The summed E-state index contributed by atoms with van der Waals surface area (Å²) in [4.78, 5) is 4.85. The van der Waals surface area contributed by atoms with Gasteiger partial charge in [-0.1, -0.05) is 30.3 Å². The number of hydrogen-bond donors (Lipinski definition) is 2. The van der Waals surface area contributed by atoms with E-state index >= 15 is 0 Å². The molecule has 0 bridgehead atoms. The quantitative estimate of drug-likeness (QED) is 0.644. The van der Waals surface area contributed by atoms with E-state index < -0.39 is 0 Å². The van der Waals surface area contributed by atoms with E-state index in [9.17, 15) is 0 Å². The molecule has 2 fully saturated rings. The first-order chi connectivity index (χ1) is 14.2. The largest absolute Gasteiger partial charge is 0.379 e. The van der Waals surface area contributed by atoms with Crippen molar-refractivity contribution in [2.24, 2.45) is 0 Å². The van der Waals surface area contributed by atoms with E-state index in [1.54, 1.807) is 0 Å². The Morgan fingerprint density at radius 2 is 1.77 bits per heavy atom. The third-order valence-electron chi connectivity index (χ3n) is 6.03. The number of hydrogen-bond acceptors (Lipinski definition) is 4. The van der Waals surface area contributed by atoms with Gasteiger partial charge in [-0.2, -0.15) is 0 Å². The van der Waals surface area contributed by atoms with Crippen molar-refractivity contribution in [3.05, 3.63) is 35.9 Å². The summed E-state index contributed by atoms with van der Waals surface area (Å²) < 4.78 is 5.47. The van der Waals surface area contributed by atoms with Gasteiger partial charge in [0.2, 0.25) is 0 Å². The van der Waals surface area contributed by atoms with E-state index in [0.29, 0.717) is 6.04 Å². The molecule has 2 N–H and O–H groups in total. The summed E-state index contributed by atoms with van der Waals surface area (Å²) >= 11 is 5.94. The average Bonchev–Trinajstić information content (AvgIpc) is 2.66. The number of rotatable bonds is 7. The van der Waals surface area contributed by atoms with E-state index in [1.807, 2.05) is 0 Å². The minimum absolute atomic E-state index is 0.107. The molecule has 3 rings (SSSR count). The molecule has 0 amide bonds. The number of morpholine rings is 1. The van der Waals surface area contributed by atoms with Crippen molar-refractivity contribution in [1.29, 1.82) is 0 Å². The minimum Gasteiger partial charge on any atom is -0.379 e. The van der Waals surface area contributed by atoms with E-state index in [-0.39, 0.29) is 11.1 Å². The summed E-state index contributed by atoms with van der Waals surface area (Å²) in [5, 5.41) is 8.37. The van der Waals surface area contributed by atoms with Crippen molar-refractivity contribution >= 4 is 17.3 Å². The second-order valence-corrected chi connectivity index (χ2v) is 10.5. The number of benzene rings is 1. The van der Waals surface area contributed by atoms with Crippen LogP contribution in [0.25, 0.3) is 0 Å². The normalized spacial score (nSPS) is 21.9. The Labute approximate surface area is 188 Å². The number of thiocarbonyl (C=S) groups is 1. The Morgan fingerprint density at radius 1 is 1.13 bits per heavy atom. The van der Waals surface area contributed by atoms with Crippen LogP contribution in [0.3, 0.4) is 0 Å². The van der Waals surface area contributed by atoms with Crippen LogP contribution in [0.4, 0.5) is 0 Å². The Kier molecular flexibility index (Phi) is 8.13. The third-order valence-corrected chi connectivity index (χ3v) is 6.40. The van der Waals surface area contributed by atoms with Gasteiger partial charge >= 0.3 is 0 Å². The lowest BCUT2D eigenvalue weighted by molar-refractivity contribution is 0.0367. The lowest BCUT2D eigenvalue weighted by Crippen LogP contribution is -2.62. The van der Waals surface area contributed by atoms with Crippen molar-refractivity contribution in [3.63, 3.8) is 0 Å². The molecule has 0 spiro atoms. The zero-order chi connectivity index (χ0) is 21.6. The summed E-state index contributed by atoms with van der Waals surface area (Å²) in [5.41, 5.74) is 1.52. The molecule has 2 heterocycles. The monoisotopic (exact) mass is 432 g/mol. The van der Waals surface area contributed by atoms with Gasteiger partial charge in [0, 0.05) is 49.8 Å². The molecule has 0 saturated carbocycles. The molecule has 0 atom stereocenters. The fourth-order valence-corrected chi connectivity index (χ4v) is 5.38. The first-order valence-corrected chi connectivity index (χ1v) is 11.8. The molecule has 0 radical (unpaired) electrons. The zero-order valence-electron chi connectivity index (χ0n) is 19.2. The summed E-state index contributed by atoms with van der Waals surface area (Å²) in [6, 6.07) is 11.1. The molecule has 30 heavy (non-hydrogen) atoms. The van der Waals surface area contributed by atoms with Gasteiger partial charge < -0.3 is 20.3 Å². The summed E-state index contributed by atoms with van der Waals surface area (Å²) in [7, 11) is 0. The highest BCUT2D eigenvalue weighted by Crippen LogP contribution is 2.28. The minimum atomic E-state index is 0.107. The number of nitrogens with one attached hydrogen (secondary N) is 2. The fourth-order valence-electron chi connectivity index (χ4n) is 5.06. The SMILES string of the molecule is CC1(C)CC(NC(=S)N(CCCN2CCOCC2)Cc2ccccc2)CC(C)(C)N1. The number of ether oxygens (including phenoxy) is 1. The fraction of sp³-hybridized carbons (Fsp3) is 0.708. The first-order valence-electron chi connectivity index (χ1n) is 11.4. The first kappa shape index (κ1) is 23.5. The average molecular weight is 433 g/mol. The number of piperidine rings is 1. The molecule has 0 aromatic heterocycles. The molecule has 168 valence electrons. The van der Waals surface area contributed by atoms with Crippen LogP contribution in [0.2, 0.25) is 0 Å². The van der Waals surface area contributed by atoms with E-state index in [1.165, 1.54) is 5.56 Å². The van der Waals surface area contributed by atoms with E-state index in [2.05, 4.69) is 78.5 Å². The van der Waals surface area contributed by atoms with E-state index in [0.717, 1.165) is 70.3 Å². The lowest BCUT2D eigenvalue weighted by atomic mass is 9.80. The van der Waals surface area contributed by atoms with Crippen LogP contribution in [0.5, 0.6) is 0 Å². The smallest absolute Gasteiger partial charge is 0.169 e.